The van der Waals surface area contributed by atoms with Gasteiger partial charge in [-0.15, -0.1) is 0 Å². The number of piperazine rings is 1. The monoisotopic (exact) mass is 401 g/mol. The minimum Gasteiger partial charge on any atom is -0.368 e. The summed E-state index contributed by atoms with van der Waals surface area (Å²) < 4.78 is 13.2. The Morgan fingerprint density at radius 1 is 1.00 bits per heavy atom. The molecule has 0 radical (unpaired) electrons. The van der Waals surface area contributed by atoms with Crippen LogP contribution in [0, 0.1) is 29.0 Å². The van der Waals surface area contributed by atoms with E-state index in [2.05, 4.69) is 22.0 Å². The first-order valence-electron chi connectivity index (χ1n) is 11.1. The Balaban J connectivity index is 1.17. The number of thiocarbonyl (C=S) groups is 1. The van der Waals surface area contributed by atoms with Gasteiger partial charge in [-0.1, -0.05) is 0 Å². The molecule has 1 atom stereocenters. The van der Waals surface area contributed by atoms with Crippen LogP contribution in [0.4, 0.5) is 10.1 Å². The van der Waals surface area contributed by atoms with Crippen LogP contribution in [0.15, 0.2) is 24.3 Å². The molecule has 4 saturated carbocycles. The lowest BCUT2D eigenvalue weighted by atomic mass is 9.48. The zero-order valence-electron chi connectivity index (χ0n) is 16.9. The van der Waals surface area contributed by atoms with Crippen molar-refractivity contribution in [3.05, 3.63) is 30.1 Å². The van der Waals surface area contributed by atoms with E-state index in [-0.39, 0.29) is 5.82 Å². The van der Waals surface area contributed by atoms with Gasteiger partial charge in [-0.3, -0.25) is 0 Å². The molecule has 5 heteroatoms. The molecule has 0 aromatic heterocycles. The fraction of sp³-hybridized carbons (Fsp3) is 0.696. The van der Waals surface area contributed by atoms with Crippen molar-refractivity contribution in [2.45, 2.75) is 51.5 Å². The van der Waals surface area contributed by atoms with Gasteiger partial charge in [0.2, 0.25) is 0 Å². The lowest BCUT2D eigenvalue weighted by molar-refractivity contribution is -0.0675. The van der Waals surface area contributed by atoms with Crippen LogP contribution in [-0.2, 0) is 0 Å². The first-order chi connectivity index (χ1) is 13.5. The van der Waals surface area contributed by atoms with Gasteiger partial charge in [0.25, 0.3) is 0 Å². The molecule has 1 saturated heterocycles. The quantitative estimate of drug-likeness (QED) is 0.755. The van der Waals surface area contributed by atoms with Crippen molar-refractivity contribution in [1.82, 2.24) is 10.2 Å². The Morgan fingerprint density at radius 3 is 2.07 bits per heavy atom. The average Bonchev–Trinajstić information content (AvgIpc) is 2.67. The maximum absolute atomic E-state index is 13.2. The highest BCUT2D eigenvalue weighted by Gasteiger charge is 2.53. The molecule has 0 amide bonds. The lowest BCUT2D eigenvalue weighted by Crippen LogP contribution is -2.59. The van der Waals surface area contributed by atoms with Gasteiger partial charge in [0.1, 0.15) is 5.82 Å². The van der Waals surface area contributed by atoms with Crippen LogP contribution < -0.4 is 10.2 Å². The molecule has 5 aliphatic rings. The van der Waals surface area contributed by atoms with E-state index < -0.39 is 0 Å². The molecule has 5 fully saturated rings. The molecular formula is C23H32FN3S. The second-order valence-corrected chi connectivity index (χ2v) is 10.3. The standard InChI is InChI=1S/C23H32FN3S/c1-16(23-13-17-10-18(14-23)12-19(11-17)15-23)25-22(28)27-8-6-26(7-9-27)21-4-2-20(24)3-5-21/h2-5,16-19H,6-15H2,1H3,(H,25,28)/t16-,17?,18?,19?,23?/m0/s1. The highest BCUT2D eigenvalue weighted by atomic mass is 32.1. The van der Waals surface area contributed by atoms with Crippen molar-refractivity contribution in [2.24, 2.45) is 23.2 Å². The van der Waals surface area contributed by atoms with Gasteiger partial charge in [0.05, 0.1) is 0 Å². The Bertz CT molecular complexity index is 691. The summed E-state index contributed by atoms with van der Waals surface area (Å²) in [6, 6.07) is 7.30. The van der Waals surface area contributed by atoms with Crippen molar-refractivity contribution >= 4 is 23.0 Å². The van der Waals surface area contributed by atoms with Crippen molar-refractivity contribution in [3.63, 3.8) is 0 Å². The van der Waals surface area contributed by atoms with E-state index in [0.29, 0.717) is 11.5 Å². The third-order valence-corrected chi connectivity index (χ3v) is 8.48. The Labute approximate surface area is 173 Å². The Morgan fingerprint density at radius 2 is 1.54 bits per heavy atom. The molecular weight excluding hydrogens is 369 g/mol. The topological polar surface area (TPSA) is 18.5 Å². The fourth-order valence-corrected chi connectivity index (χ4v) is 7.32. The summed E-state index contributed by atoms with van der Waals surface area (Å²) >= 11 is 5.82. The predicted molar refractivity (Wildman–Crippen MR) is 116 cm³/mol. The van der Waals surface area contributed by atoms with Crippen molar-refractivity contribution in [2.75, 3.05) is 31.1 Å². The molecule has 6 rings (SSSR count). The van der Waals surface area contributed by atoms with Crippen LogP contribution in [0.25, 0.3) is 0 Å². The molecule has 152 valence electrons. The number of halogens is 1. The summed E-state index contributed by atoms with van der Waals surface area (Å²) in [5.74, 6) is 2.75. The highest BCUT2D eigenvalue weighted by molar-refractivity contribution is 7.80. The van der Waals surface area contributed by atoms with Gasteiger partial charge in [0, 0.05) is 37.9 Å². The third kappa shape index (κ3) is 3.40. The highest BCUT2D eigenvalue weighted by Crippen LogP contribution is 2.61. The second kappa shape index (κ2) is 7.16. The fourth-order valence-electron chi connectivity index (χ4n) is 6.96. The van der Waals surface area contributed by atoms with Gasteiger partial charge in [-0.2, -0.15) is 0 Å². The minimum atomic E-state index is -0.175. The zero-order valence-corrected chi connectivity index (χ0v) is 17.7. The summed E-state index contributed by atoms with van der Waals surface area (Å²) in [6.07, 6.45) is 8.70. The van der Waals surface area contributed by atoms with Crippen LogP contribution >= 0.6 is 12.2 Å². The molecule has 4 bridgehead atoms. The maximum Gasteiger partial charge on any atom is 0.169 e. The van der Waals surface area contributed by atoms with E-state index in [4.69, 9.17) is 12.2 Å². The van der Waals surface area contributed by atoms with Crippen LogP contribution in [0.2, 0.25) is 0 Å². The first kappa shape index (κ1) is 18.7. The second-order valence-electron chi connectivity index (χ2n) is 9.90. The van der Waals surface area contributed by atoms with Gasteiger partial charge in [-0.25, -0.2) is 4.39 Å². The van der Waals surface area contributed by atoms with Gasteiger partial charge in [0.15, 0.2) is 5.11 Å². The normalized spacial score (nSPS) is 35.1. The van der Waals surface area contributed by atoms with E-state index >= 15 is 0 Å². The zero-order chi connectivity index (χ0) is 19.3. The lowest BCUT2D eigenvalue weighted by Gasteiger charge is -2.59. The predicted octanol–water partition coefficient (Wildman–Crippen LogP) is 4.43. The van der Waals surface area contributed by atoms with Gasteiger partial charge >= 0.3 is 0 Å². The molecule has 0 spiro atoms. The maximum atomic E-state index is 13.2. The number of benzene rings is 1. The van der Waals surface area contributed by atoms with E-state index in [1.165, 1.54) is 38.5 Å². The van der Waals surface area contributed by atoms with Crippen LogP contribution in [-0.4, -0.2) is 42.2 Å². The number of rotatable bonds is 3. The van der Waals surface area contributed by atoms with Crippen LogP contribution in [0.3, 0.4) is 0 Å². The summed E-state index contributed by atoms with van der Waals surface area (Å²) in [5.41, 5.74) is 1.58. The Hall–Kier alpha value is -1.36. The number of nitrogens with one attached hydrogen (secondary N) is 1. The molecule has 28 heavy (non-hydrogen) atoms. The molecule has 1 aromatic carbocycles. The molecule has 1 aromatic rings. The molecule has 0 unspecified atom stereocenters. The van der Waals surface area contributed by atoms with Gasteiger partial charge in [-0.05, 0) is 105 Å². The van der Waals surface area contributed by atoms with Crippen molar-refractivity contribution in [1.29, 1.82) is 0 Å². The number of nitrogens with zero attached hydrogens (tertiary/aromatic N) is 2. The summed E-state index contributed by atoms with van der Waals surface area (Å²) in [6.45, 7) is 6.10. The first-order valence-corrected chi connectivity index (χ1v) is 11.5. The molecule has 1 N–H and O–H groups in total. The van der Waals surface area contributed by atoms with Crippen LogP contribution in [0.1, 0.15) is 45.4 Å². The average molecular weight is 402 g/mol. The molecule has 1 heterocycles. The Kier molecular flexibility index (Phi) is 4.77. The molecule has 3 nitrogen and oxygen atoms in total. The van der Waals surface area contributed by atoms with Crippen molar-refractivity contribution in [3.8, 4) is 0 Å². The van der Waals surface area contributed by atoms with E-state index in [1.54, 1.807) is 12.1 Å². The number of anilines is 1. The van der Waals surface area contributed by atoms with Gasteiger partial charge < -0.3 is 15.1 Å². The smallest absolute Gasteiger partial charge is 0.169 e. The SMILES string of the molecule is C[C@H](NC(=S)N1CCN(c2ccc(F)cc2)CC1)C12CC3CC(CC(C3)C1)C2. The summed E-state index contributed by atoms with van der Waals surface area (Å²) in [4.78, 5) is 4.65. The summed E-state index contributed by atoms with van der Waals surface area (Å²) in [5, 5.41) is 4.69. The number of hydrogen-bond acceptors (Lipinski definition) is 2. The van der Waals surface area contributed by atoms with E-state index in [1.807, 2.05) is 12.1 Å². The third-order valence-electron chi connectivity index (χ3n) is 8.10. The van der Waals surface area contributed by atoms with Crippen LogP contribution in [0.5, 0.6) is 0 Å². The molecule has 1 aliphatic heterocycles. The molecule has 4 aliphatic carbocycles. The van der Waals surface area contributed by atoms with Crippen molar-refractivity contribution < 1.29 is 4.39 Å². The summed E-state index contributed by atoms with van der Waals surface area (Å²) in [7, 11) is 0. The van der Waals surface area contributed by atoms with E-state index in [0.717, 1.165) is 54.7 Å². The minimum absolute atomic E-state index is 0.175. The largest absolute Gasteiger partial charge is 0.368 e. The number of hydrogen-bond donors (Lipinski definition) is 1. The van der Waals surface area contributed by atoms with E-state index in [9.17, 15) is 4.39 Å².